The van der Waals surface area contributed by atoms with Gasteiger partial charge in [0.15, 0.2) is 0 Å². The van der Waals surface area contributed by atoms with Gasteiger partial charge in [-0.15, -0.1) is 0 Å². The Morgan fingerprint density at radius 3 is 2.64 bits per heavy atom. The van der Waals surface area contributed by atoms with Crippen molar-refractivity contribution in [2.24, 2.45) is 0 Å². The quantitative estimate of drug-likeness (QED) is 0.558. The number of hydrogen-bond acceptors (Lipinski definition) is 3. The van der Waals surface area contributed by atoms with Crippen LogP contribution in [0, 0.1) is 5.41 Å². The number of furan rings is 1. The van der Waals surface area contributed by atoms with E-state index >= 15 is 0 Å². The summed E-state index contributed by atoms with van der Waals surface area (Å²) >= 11 is 0. The van der Waals surface area contributed by atoms with E-state index < -0.39 is 0 Å². The van der Waals surface area contributed by atoms with Crippen LogP contribution in [0.2, 0.25) is 0 Å². The van der Waals surface area contributed by atoms with Crippen molar-refractivity contribution >= 4 is 11.4 Å². The Kier molecular flexibility index (Phi) is 2.07. The molecule has 0 aliphatic heterocycles. The van der Waals surface area contributed by atoms with E-state index in [-0.39, 0.29) is 0 Å². The van der Waals surface area contributed by atoms with Crippen LogP contribution in [0.4, 0.5) is 5.69 Å². The fraction of sp³-hybridized carbons (Fsp3) is 0. The minimum Gasteiger partial charge on any atom is -0.472 e. The summed E-state index contributed by atoms with van der Waals surface area (Å²) < 4.78 is 4.92. The van der Waals surface area contributed by atoms with Gasteiger partial charge in [-0.2, -0.15) is 0 Å². The van der Waals surface area contributed by atoms with Crippen LogP contribution in [0.3, 0.4) is 0 Å². The van der Waals surface area contributed by atoms with Gasteiger partial charge in [0.05, 0.1) is 18.2 Å². The molecule has 2 rings (SSSR count). The molecule has 3 nitrogen and oxygen atoms in total. The first-order valence-electron chi connectivity index (χ1n) is 4.25. The largest absolute Gasteiger partial charge is 0.472 e. The lowest BCUT2D eigenvalue weighted by molar-refractivity contribution is 0.567. The predicted molar refractivity (Wildman–Crippen MR) is 55.5 cm³/mol. The molecule has 1 aromatic heterocycles. The summed E-state index contributed by atoms with van der Waals surface area (Å²) in [4.78, 5) is 0. The summed E-state index contributed by atoms with van der Waals surface area (Å²) in [5.74, 6) is 0. The van der Waals surface area contributed by atoms with Crippen LogP contribution in [-0.4, -0.2) is 5.71 Å². The van der Waals surface area contributed by atoms with Crippen molar-refractivity contribution in [2.45, 2.75) is 0 Å². The molecule has 3 N–H and O–H groups in total. The Hall–Kier alpha value is -2.03. The summed E-state index contributed by atoms with van der Waals surface area (Å²) in [6, 6.07) is 9.06. The Morgan fingerprint density at radius 2 is 2.00 bits per heavy atom. The van der Waals surface area contributed by atoms with Crippen LogP contribution in [0.5, 0.6) is 0 Å². The Bertz CT molecular complexity index is 446. The number of nitrogens with one attached hydrogen (secondary N) is 1. The van der Waals surface area contributed by atoms with Crippen LogP contribution in [0.1, 0.15) is 11.1 Å². The molecule has 0 saturated heterocycles. The van der Waals surface area contributed by atoms with E-state index in [9.17, 15) is 0 Å². The zero-order chi connectivity index (χ0) is 9.97. The second-order valence-corrected chi connectivity index (χ2v) is 2.97. The van der Waals surface area contributed by atoms with Crippen molar-refractivity contribution in [1.82, 2.24) is 0 Å². The molecule has 0 saturated carbocycles. The van der Waals surface area contributed by atoms with Crippen LogP contribution in [-0.2, 0) is 0 Å². The smallest absolute Gasteiger partial charge is 0.0996 e. The standard InChI is InChI=1S/C11H10N2O/c12-10-4-2-1-3-9(10)11(13)8-5-6-14-7-8/h1-7,13H,12H2. The van der Waals surface area contributed by atoms with E-state index in [1.54, 1.807) is 18.4 Å². The summed E-state index contributed by atoms with van der Waals surface area (Å²) in [6.45, 7) is 0. The summed E-state index contributed by atoms with van der Waals surface area (Å²) in [5, 5.41) is 7.89. The third-order valence-electron chi connectivity index (χ3n) is 2.04. The number of nitrogen functional groups attached to an aromatic ring is 1. The first-order chi connectivity index (χ1) is 6.79. The first kappa shape index (κ1) is 8.56. The third kappa shape index (κ3) is 1.40. The van der Waals surface area contributed by atoms with Crippen molar-refractivity contribution in [3.63, 3.8) is 0 Å². The fourth-order valence-corrected chi connectivity index (χ4v) is 1.29. The third-order valence-corrected chi connectivity index (χ3v) is 2.04. The maximum absolute atomic E-state index is 7.89. The van der Waals surface area contributed by atoms with E-state index in [0.29, 0.717) is 11.4 Å². The average Bonchev–Trinajstić information content (AvgIpc) is 2.70. The molecule has 0 aliphatic rings. The van der Waals surface area contributed by atoms with Gasteiger partial charge in [-0.25, -0.2) is 0 Å². The van der Waals surface area contributed by atoms with Crippen molar-refractivity contribution < 1.29 is 4.42 Å². The maximum Gasteiger partial charge on any atom is 0.0996 e. The molecule has 0 fully saturated rings. The van der Waals surface area contributed by atoms with Gasteiger partial charge in [0.25, 0.3) is 0 Å². The second-order valence-electron chi connectivity index (χ2n) is 2.97. The molecule has 0 spiro atoms. The molecular formula is C11H10N2O. The zero-order valence-electron chi connectivity index (χ0n) is 7.53. The minimum atomic E-state index is 0.386. The summed E-state index contributed by atoms with van der Waals surface area (Å²) in [5.41, 5.74) is 8.22. The molecule has 1 aromatic carbocycles. The van der Waals surface area contributed by atoms with E-state index in [1.807, 2.05) is 18.2 Å². The highest BCUT2D eigenvalue weighted by Crippen LogP contribution is 2.15. The van der Waals surface area contributed by atoms with Gasteiger partial charge in [-0.3, -0.25) is 5.41 Å². The van der Waals surface area contributed by atoms with Crippen molar-refractivity contribution in [3.05, 3.63) is 54.0 Å². The average molecular weight is 186 g/mol. The summed E-state index contributed by atoms with van der Waals surface area (Å²) in [6.07, 6.45) is 3.08. The minimum absolute atomic E-state index is 0.386. The normalized spacial score (nSPS) is 10.0. The van der Waals surface area contributed by atoms with Crippen LogP contribution >= 0.6 is 0 Å². The maximum atomic E-state index is 7.89. The number of rotatable bonds is 2. The number of nitrogens with two attached hydrogens (primary N) is 1. The van der Waals surface area contributed by atoms with Gasteiger partial charge in [0.1, 0.15) is 0 Å². The van der Waals surface area contributed by atoms with E-state index in [4.69, 9.17) is 15.6 Å². The summed E-state index contributed by atoms with van der Waals surface area (Å²) in [7, 11) is 0. The number of benzene rings is 1. The van der Waals surface area contributed by atoms with Gasteiger partial charge in [0.2, 0.25) is 0 Å². The lowest BCUT2D eigenvalue weighted by Crippen LogP contribution is -2.03. The molecule has 0 unspecified atom stereocenters. The van der Waals surface area contributed by atoms with E-state index in [2.05, 4.69) is 0 Å². The van der Waals surface area contributed by atoms with Gasteiger partial charge in [-0.1, -0.05) is 18.2 Å². The molecule has 0 amide bonds. The Labute approximate surface area is 81.7 Å². The first-order valence-corrected chi connectivity index (χ1v) is 4.25. The number of para-hydroxylation sites is 1. The van der Waals surface area contributed by atoms with Crippen molar-refractivity contribution in [3.8, 4) is 0 Å². The second kappa shape index (κ2) is 3.38. The van der Waals surface area contributed by atoms with Crippen LogP contribution < -0.4 is 5.73 Å². The molecule has 70 valence electrons. The molecule has 0 atom stereocenters. The van der Waals surface area contributed by atoms with Gasteiger partial charge in [0, 0.05) is 16.8 Å². The fourth-order valence-electron chi connectivity index (χ4n) is 1.29. The lowest BCUT2D eigenvalue weighted by atomic mass is 10.0. The van der Waals surface area contributed by atoms with Crippen LogP contribution in [0.25, 0.3) is 0 Å². The monoisotopic (exact) mass is 186 g/mol. The lowest BCUT2D eigenvalue weighted by Gasteiger charge is -2.04. The zero-order valence-corrected chi connectivity index (χ0v) is 7.53. The highest BCUT2D eigenvalue weighted by Gasteiger charge is 2.07. The van der Waals surface area contributed by atoms with Crippen molar-refractivity contribution in [2.75, 3.05) is 5.73 Å². The van der Waals surface area contributed by atoms with Gasteiger partial charge in [-0.05, 0) is 12.1 Å². The Balaban J connectivity index is 2.42. The molecule has 1 heterocycles. The topological polar surface area (TPSA) is 63.0 Å². The molecule has 0 bridgehead atoms. The molecular weight excluding hydrogens is 176 g/mol. The molecule has 14 heavy (non-hydrogen) atoms. The van der Waals surface area contributed by atoms with Crippen molar-refractivity contribution in [1.29, 1.82) is 5.41 Å². The SMILES string of the molecule is N=C(c1ccoc1)c1ccccc1N. The predicted octanol–water partition coefficient (Wildman–Crippen LogP) is 2.28. The van der Waals surface area contributed by atoms with E-state index in [0.717, 1.165) is 11.1 Å². The van der Waals surface area contributed by atoms with Gasteiger partial charge >= 0.3 is 0 Å². The molecule has 0 radical (unpaired) electrons. The highest BCUT2D eigenvalue weighted by atomic mass is 16.3. The van der Waals surface area contributed by atoms with Crippen LogP contribution in [0.15, 0.2) is 47.3 Å². The molecule has 3 heteroatoms. The number of hydrogen-bond donors (Lipinski definition) is 2. The number of anilines is 1. The van der Waals surface area contributed by atoms with Gasteiger partial charge < -0.3 is 10.2 Å². The molecule has 0 aliphatic carbocycles. The molecule has 2 aromatic rings. The van der Waals surface area contributed by atoms with E-state index in [1.165, 1.54) is 6.26 Å². The Morgan fingerprint density at radius 1 is 1.21 bits per heavy atom. The highest BCUT2D eigenvalue weighted by molar-refractivity contribution is 6.13.